The summed E-state index contributed by atoms with van der Waals surface area (Å²) in [6.45, 7) is 4.43. The van der Waals surface area contributed by atoms with Crippen molar-refractivity contribution in [2.75, 3.05) is 7.11 Å². The Morgan fingerprint density at radius 1 is 1.03 bits per heavy atom. The highest BCUT2D eigenvalue weighted by Gasteiger charge is 2.15. The predicted molar refractivity (Wildman–Crippen MR) is 121 cm³/mol. The van der Waals surface area contributed by atoms with E-state index < -0.39 is 0 Å². The molecule has 0 amide bonds. The number of fused-ring (bicyclic) bond motifs is 3. The predicted octanol–water partition coefficient (Wildman–Crippen LogP) is 4.31. The maximum atomic E-state index is 5.97. The van der Waals surface area contributed by atoms with Crippen molar-refractivity contribution in [3.63, 3.8) is 0 Å². The van der Waals surface area contributed by atoms with Crippen molar-refractivity contribution >= 4 is 16.7 Å². The van der Waals surface area contributed by atoms with Crippen LogP contribution in [0.15, 0.2) is 55.0 Å². The Labute approximate surface area is 185 Å². The molecule has 0 saturated heterocycles. The van der Waals surface area contributed by atoms with Gasteiger partial charge in [0.1, 0.15) is 12.9 Å². The third kappa shape index (κ3) is 3.64. The van der Waals surface area contributed by atoms with Gasteiger partial charge in [0.05, 0.1) is 24.4 Å². The van der Waals surface area contributed by atoms with Crippen molar-refractivity contribution in [3.05, 3.63) is 71.9 Å². The molecule has 3 heterocycles. The molecule has 0 saturated carbocycles. The third-order valence-electron chi connectivity index (χ3n) is 5.32. The second-order valence-corrected chi connectivity index (χ2v) is 7.70. The molecule has 5 aromatic rings. The summed E-state index contributed by atoms with van der Waals surface area (Å²) in [5.41, 5.74) is 4.77. The first-order chi connectivity index (χ1) is 15.7. The molecule has 0 radical (unpaired) electrons. The molecule has 0 aliphatic rings. The van der Waals surface area contributed by atoms with E-state index in [9.17, 15) is 0 Å². The summed E-state index contributed by atoms with van der Waals surface area (Å²) < 4.78 is 14.9. The van der Waals surface area contributed by atoms with Gasteiger partial charge in [-0.3, -0.25) is 0 Å². The van der Waals surface area contributed by atoms with Crippen molar-refractivity contribution in [2.24, 2.45) is 0 Å². The number of aryl methyl sites for hydroxylation is 2. The fraction of sp³-hybridized carbons (Fsp3) is 0.250. The molecule has 0 unspecified atom stereocenters. The molecule has 0 bridgehead atoms. The second kappa shape index (κ2) is 8.30. The first-order valence-electron chi connectivity index (χ1n) is 10.6. The lowest BCUT2D eigenvalue weighted by molar-refractivity contribution is 0.276. The van der Waals surface area contributed by atoms with E-state index in [1.807, 2.05) is 28.9 Å². The molecular weight excluding hydrogens is 404 g/mol. The SMILES string of the molecule is CCCc1ccc(OCc2nc3c4cnn(-c5cccc(C)c5)c4ncn3n2)c(OC)c1. The van der Waals surface area contributed by atoms with Crippen LogP contribution in [0.2, 0.25) is 0 Å². The Bertz CT molecular complexity index is 1400. The number of benzene rings is 2. The van der Waals surface area contributed by atoms with Gasteiger partial charge in [-0.25, -0.2) is 19.2 Å². The summed E-state index contributed by atoms with van der Waals surface area (Å²) >= 11 is 0. The number of hydrogen-bond donors (Lipinski definition) is 0. The third-order valence-corrected chi connectivity index (χ3v) is 5.32. The zero-order valence-corrected chi connectivity index (χ0v) is 18.3. The van der Waals surface area contributed by atoms with Gasteiger partial charge >= 0.3 is 0 Å². The normalized spacial score (nSPS) is 11.3. The summed E-state index contributed by atoms with van der Waals surface area (Å²) in [6, 6.07) is 14.2. The molecule has 0 fully saturated rings. The highest BCUT2D eigenvalue weighted by atomic mass is 16.5. The number of methoxy groups -OCH3 is 1. The lowest BCUT2D eigenvalue weighted by Crippen LogP contribution is -2.01. The minimum absolute atomic E-state index is 0.221. The number of aromatic nitrogens is 6. The largest absolute Gasteiger partial charge is 0.493 e. The van der Waals surface area contributed by atoms with Crippen LogP contribution in [0, 0.1) is 6.92 Å². The van der Waals surface area contributed by atoms with Crippen LogP contribution in [0.25, 0.3) is 22.4 Å². The van der Waals surface area contributed by atoms with Crippen LogP contribution < -0.4 is 9.47 Å². The fourth-order valence-corrected chi connectivity index (χ4v) is 3.79. The van der Waals surface area contributed by atoms with Crippen LogP contribution in [-0.2, 0) is 13.0 Å². The van der Waals surface area contributed by atoms with E-state index in [0.717, 1.165) is 35.1 Å². The highest BCUT2D eigenvalue weighted by molar-refractivity contribution is 5.89. The van der Waals surface area contributed by atoms with Crippen molar-refractivity contribution in [3.8, 4) is 17.2 Å². The highest BCUT2D eigenvalue weighted by Crippen LogP contribution is 2.29. The molecule has 162 valence electrons. The van der Waals surface area contributed by atoms with Crippen LogP contribution in [0.3, 0.4) is 0 Å². The zero-order valence-electron chi connectivity index (χ0n) is 18.3. The van der Waals surface area contributed by atoms with Crippen molar-refractivity contribution < 1.29 is 9.47 Å². The number of hydrogen-bond acceptors (Lipinski definition) is 6. The van der Waals surface area contributed by atoms with Gasteiger partial charge in [-0.2, -0.15) is 5.10 Å². The van der Waals surface area contributed by atoms with E-state index >= 15 is 0 Å². The summed E-state index contributed by atoms with van der Waals surface area (Å²) in [5.74, 6) is 1.94. The number of ether oxygens (including phenoxy) is 2. The first kappa shape index (κ1) is 20.0. The Kier molecular flexibility index (Phi) is 5.18. The average molecular weight is 428 g/mol. The summed E-state index contributed by atoms with van der Waals surface area (Å²) in [6.07, 6.45) is 5.51. The summed E-state index contributed by atoms with van der Waals surface area (Å²) in [5, 5.41) is 9.88. The van der Waals surface area contributed by atoms with Gasteiger partial charge in [-0.05, 0) is 48.7 Å². The monoisotopic (exact) mass is 428 g/mol. The Morgan fingerprint density at radius 3 is 2.75 bits per heavy atom. The van der Waals surface area contributed by atoms with Gasteiger partial charge in [0, 0.05) is 0 Å². The lowest BCUT2D eigenvalue weighted by atomic mass is 10.1. The molecule has 2 aromatic carbocycles. The molecule has 3 aromatic heterocycles. The van der Waals surface area contributed by atoms with E-state index in [1.165, 1.54) is 5.56 Å². The van der Waals surface area contributed by atoms with E-state index in [0.29, 0.717) is 23.0 Å². The van der Waals surface area contributed by atoms with E-state index in [2.05, 4.69) is 52.2 Å². The molecule has 8 nitrogen and oxygen atoms in total. The van der Waals surface area contributed by atoms with Crippen LogP contribution in [0.1, 0.15) is 30.3 Å². The van der Waals surface area contributed by atoms with E-state index in [-0.39, 0.29) is 6.61 Å². The van der Waals surface area contributed by atoms with Crippen LogP contribution >= 0.6 is 0 Å². The maximum absolute atomic E-state index is 5.97. The van der Waals surface area contributed by atoms with Crippen LogP contribution in [0.5, 0.6) is 11.5 Å². The summed E-state index contributed by atoms with van der Waals surface area (Å²) in [7, 11) is 1.65. The smallest absolute Gasteiger partial charge is 0.189 e. The molecule has 0 aliphatic heterocycles. The van der Waals surface area contributed by atoms with Gasteiger partial charge in [-0.15, -0.1) is 5.10 Å². The van der Waals surface area contributed by atoms with Gasteiger partial charge in [0.2, 0.25) is 0 Å². The maximum Gasteiger partial charge on any atom is 0.189 e. The zero-order chi connectivity index (χ0) is 22.1. The standard InChI is InChI=1S/C24H24N6O2/c1-4-6-17-9-10-20(21(12-17)31-3)32-14-22-27-24-19-13-26-30(18-8-5-7-16(2)11-18)23(19)25-15-29(24)28-22/h5,7-13,15H,4,6,14H2,1-3H3. The lowest BCUT2D eigenvalue weighted by Gasteiger charge is -2.10. The topological polar surface area (TPSA) is 79.4 Å². The number of rotatable bonds is 7. The molecule has 0 atom stereocenters. The van der Waals surface area contributed by atoms with Crippen LogP contribution in [0.4, 0.5) is 0 Å². The van der Waals surface area contributed by atoms with E-state index in [4.69, 9.17) is 9.47 Å². The molecule has 8 heteroatoms. The average Bonchev–Trinajstić information content (AvgIpc) is 3.42. The quantitative estimate of drug-likeness (QED) is 0.384. The van der Waals surface area contributed by atoms with Crippen molar-refractivity contribution in [2.45, 2.75) is 33.3 Å². The molecule has 32 heavy (non-hydrogen) atoms. The van der Waals surface area contributed by atoms with Gasteiger partial charge < -0.3 is 9.47 Å². The fourth-order valence-electron chi connectivity index (χ4n) is 3.79. The molecule has 0 N–H and O–H groups in total. The van der Waals surface area contributed by atoms with Gasteiger partial charge in [-0.1, -0.05) is 31.5 Å². The molecule has 5 rings (SSSR count). The van der Waals surface area contributed by atoms with E-state index in [1.54, 1.807) is 24.1 Å². The molecular formula is C24H24N6O2. The Morgan fingerprint density at radius 2 is 1.94 bits per heavy atom. The minimum atomic E-state index is 0.221. The van der Waals surface area contributed by atoms with Gasteiger partial charge in [0.15, 0.2) is 28.6 Å². The molecule has 0 spiro atoms. The van der Waals surface area contributed by atoms with Crippen molar-refractivity contribution in [1.82, 2.24) is 29.4 Å². The van der Waals surface area contributed by atoms with Crippen LogP contribution in [-0.4, -0.2) is 36.5 Å². The number of nitrogens with zero attached hydrogens (tertiary/aromatic N) is 6. The second-order valence-electron chi connectivity index (χ2n) is 7.70. The first-order valence-corrected chi connectivity index (χ1v) is 10.6. The Hall–Kier alpha value is -3.94. The minimum Gasteiger partial charge on any atom is -0.493 e. The Balaban J connectivity index is 1.43. The molecule has 0 aliphatic carbocycles. The summed E-state index contributed by atoms with van der Waals surface area (Å²) in [4.78, 5) is 9.24. The van der Waals surface area contributed by atoms with Crippen molar-refractivity contribution in [1.29, 1.82) is 0 Å². The van der Waals surface area contributed by atoms with Gasteiger partial charge in [0.25, 0.3) is 0 Å².